The van der Waals surface area contributed by atoms with Gasteiger partial charge in [-0.25, -0.2) is 0 Å². The summed E-state index contributed by atoms with van der Waals surface area (Å²) < 4.78 is 3.50. The van der Waals surface area contributed by atoms with E-state index < -0.39 is 0 Å². The summed E-state index contributed by atoms with van der Waals surface area (Å²) in [6, 6.07) is 8.30. The van der Waals surface area contributed by atoms with Crippen molar-refractivity contribution in [2.45, 2.75) is 20.8 Å². The summed E-state index contributed by atoms with van der Waals surface area (Å²) in [6.07, 6.45) is 0. The van der Waals surface area contributed by atoms with Crippen LogP contribution in [0, 0.1) is 20.8 Å². The van der Waals surface area contributed by atoms with Crippen molar-refractivity contribution >= 4 is 32.9 Å². The monoisotopic (exact) mass is 340 g/mol. The topological polar surface area (TPSA) is 16.8 Å². The van der Waals surface area contributed by atoms with Crippen molar-refractivity contribution in [3.05, 3.63) is 39.8 Å². The number of aromatic nitrogens is 2. The summed E-state index contributed by atoms with van der Waals surface area (Å²) in [5, 5.41) is 2.37. The number of fused-ring (bicyclic) bond motifs is 1. The molecule has 94 valence electrons. The van der Waals surface area contributed by atoms with E-state index in [9.17, 15) is 0 Å². The Hall–Kier alpha value is -0.780. The molecule has 0 aliphatic carbocycles. The minimum absolute atomic E-state index is 0. The molecule has 0 radical (unpaired) electrons. The maximum atomic E-state index is 4.71. The predicted molar refractivity (Wildman–Crippen MR) is 73.2 cm³/mol. The molecule has 3 aromatic rings. The zero-order valence-corrected chi connectivity index (χ0v) is 13.6. The first-order valence-electron chi connectivity index (χ1n) is 5.51. The van der Waals surface area contributed by atoms with Crippen LogP contribution >= 0.6 is 22.7 Å². The highest BCUT2D eigenvalue weighted by molar-refractivity contribution is 7.20. The van der Waals surface area contributed by atoms with Crippen LogP contribution in [0.4, 0.5) is 0 Å². The highest BCUT2D eigenvalue weighted by atomic mass is 79.9. The summed E-state index contributed by atoms with van der Waals surface area (Å²) in [6.45, 7) is 6.47. The summed E-state index contributed by atoms with van der Waals surface area (Å²) in [5.41, 5.74) is 2.38. The molecule has 0 atom stereocenters. The van der Waals surface area contributed by atoms with Gasteiger partial charge >= 0.3 is 5.13 Å². The number of benzene rings is 1. The molecule has 2 nitrogen and oxygen atoms in total. The third-order valence-corrected chi connectivity index (χ3v) is 5.04. The molecule has 0 N–H and O–H groups in total. The molecule has 0 aliphatic heterocycles. The summed E-state index contributed by atoms with van der Waals surface area (Å²) in [7, 11) is 0. The van der Waals surface area contributed by atoms with Gasteiger partial charge in [0.25, 0.3) is 0 Å². The van der Waals surface area contributed by atoms with E-state index >= 15 is 0 Å². The number of rotatable bonds is 1. The first kappa shape index (κ1) is 13.6. The number of nitrogens with zero attached hydrogens (tertiary/aromatic N) is 2. The molecule has 2 heterocycles. The number of halogens is 1. The zero-order valence-electron chi connectivity index (χ0n) is 10.4. The van der Waals surface area contributed by atoms with Crippen molar-refractivity contribution in [1.29, 1.82) is 0 Å². The fourth-order valence-corrected chi connectivity index (χ4v) is 4.09. The average Bonchev–Trinajstić information content (AvgIpc) is 2.81. The van der Waals surface area contributed by atoms with E-state index in [0.717, 1.165) is 10.6 Å². The number of hydrogen-bond acceptors (Lipinski definition) is 3. The van der Waals surface area contributed by atoms with E-state index in [-0.39, 0.29) is 17.0 Å². The van der Waals surface area contributed by atoms with Gasteiger partial charge in [-0.15, -0.1) is 0 Å². The van der Waals surface area contributed by atoms with Gasteiger partial charge in [0.2, 0.25) is 0 Å². The largest absolute Gasteiger partial charge is 1.00 e. The normalized spacial score (nSPS) is 10.6. The second kappa shape index (κ2) is 5.07. The Morgan fingerprint density at radius 1 is 1.06 bits per heavy atom. The van der Waals surface area contributed by atoms with Crippen LogP contribution in [0.5, 0.6) is 0 Å². The van der Waals surface area contributed by atoms with E-state index in [4.69, 9.17) is 4.98 Å². The Kier molecular flexibility index (Phi) is 3.84. The molecular weight excluding hydrogens is 328 g/mol. The number of aryl methyl sites for hydroxylation is 2. The third kappa shape index (κ3) is 2.11. The summed E-state index contributed by atoms with van der Waals surface area (Å²) in [5.74, 6) is 0. The SMILES string of the molecule is Cc1sc(C)[n+](-c2nc3ccccc3s2)c1C.[Br-]. The fraction of sp³-hybridized carbons (Fsp3) is 0.231. The predicted octanol–water partition coefficient (Wildman–Crippen LogP) is 0.564. The smallest absolute Gasteiger partial charge is 0.389 e. The van der Waals surface area contributed by atoms with Crippen LogP contribution in [0.25, 0.3) is 15.3 Å². The minimum Gasteiger partial charge on any atom is -1.00 e. The zero-order chi connectivity index (χ0) is 12.0. The Balaban J connectivity index is 0.00000120. The minimum atomic E-state index is 0. The van der Waals surface area contributed by atoms with Crippen LogP contribution in [0.2, 0.25) is 0 Å². The summed E-state index contributed by atoms with van der Waals surface area (Å²) in [4.78, 5) is 6.07. The van der Waals surface area contributed by atoms with Crippen molar-refractivity contribution < 1.29 is 21.5 Å². The molecule has 0 bridgehead atoms. The first-order valence-corrected chi connectivity index (χ1v) is 7.14. The molecule has 18 heavy (non-hydrogen) atoms. The van der Waals surface area contributed by atoms with Gasteiger partial charge in [-0.05, 0) is 42.3 Å². The van der Waals surface area contributed by atoms with Gasteiger partial charge in [0.1, 0.15) is 5.69 Å². The first-order chi connectivity index (χ1) is 8.16. The Bertz CT molecular complexity index is 667. The third-order valence-electron chi connectivity index (χ3n) is 2.93. The van der Waals surface area contributed by atoms with E-state index in [1.54, 1.807) is 11.3 Å². The van der Waals surface area contributed by atoms with Crippen LogP contribution < -0.4 is 21.5 Å². The molecule has 1 aromatic carbocycles. The maximum absolute atomic E-state index is 4.71. The van der Waals surface area contributed by atoms with Crippen LogP contribution in [0.15, 0.2) is 24.3 Å². The molecular formula is C13H13BrN2S2. The van der Waals surface area contributed by atoms with Gasteiger partial charge in [-0.3, -0.25) is 0 Å². The fourth-order valence-electron chi connectivity index (χ4n) is 1.97. The molecule has 2 aromatic heterocycles. The maximum Gasteiger partial charge on any atom is 0.389 e. The molecule has 0 amide bonds. The standard InChI is InChI=1S/C13H13N2S2.BrH/c1-8-9(2)16-10(3)15(8)13-14-11-6-4-5-7-12(11)17-13;/h4-7H,1-3H3;1H/q+1;/p-1. The number of hydrogen-bond donors (Lipinski definition) is 0. The number of para-hydroxylation sites is 1. The molecule has 0 unspecified atom stereocenters. The van der Waals surface area contributed by atoms with Crippen molar-refractivity contribution in [1.82, 2.24) is 4.98 Å². The number of thiazole rings is 2. The van der Waals surface area contributed by atoms with Crippen molar-refractivity contribution in [2.75, 3.05) is 0 Å². The highest BCUT2D eigenvalue weighted by Crippen LogP contribution is 2.24. The lowest BCUT2D eigenvalue weighted by Gasteiger charge is -1.92. The van der Waals surface area contributed by atoms with Gasteiger partial charge in [0.05, 0.1) is 4.70 Å². The molecule has 5 heteroatoms. The van der Waals surface area contributed by atoms with E-state index in [1.807, 2.05) is 17.4 Å². The molecule has 0 saturated carbocycles. The van der Waals surface area contributed by atoms with E-state index in [2.05, 4.69) is 43.5 Å². The van der Waals surface area contributed by atoms with Gasteiger partial charge < -0.3 is 17.0 Å². The lowest BCUT2D eigenvalue weighted by molar-refractivity contribution is -0.603. The quantitative estimate of drug-likeness (QED) is 0.591. The van der Waals surface area contributed by atoms with E-state index in [0.29, 0.717) is 0 Å². The average molecular weight is 341 g/mol. The van der Waals surface area contributed by atoms with Crippen molar-refractivity contribution in [3.8, 4) is 5.13 Å². The second-order valence-corrected chi connectivity index (χ2v) is 6.48. The Morgan fingerprint density at radius 3 is 2.39 bits per heavy atom. The van der Waals surface area contributed by atoms with Gasteiger partial charge in [0, 0.05) is 11.8 Å². The van der Waals surface area contributed by atoms with E-state index in [1.165, 1.54) is 20.3 Å². The lowest BCUT2D eigenvalue weighted by atomic mass is 10.3. The van der Waals surface area contributed by atoms with Crippen LogP contribution in [0.1, 0.15) is 15.6 Å². The van der Waals surface area contributed by atoms with Gasteiger partial charge in [-0.1, -0.05) is 23.5 Å². The van der Waals surface area contributed by atoms with Crippen LogP contribution in [-0.4, -0.2) is 4.98 Å². The molecule has 0 spiro atoms. The Labute approximate surface area is 125 Å². The van der Waals surface area contributed by atoms with Crippen LogP contribution in [0.3, 0.4) is 0 Å². The van der Waals surface area contributed by atoms with Gasteiger partial charge in [0.15, 0.2) is 10.5 Å². The van der Waals surface area contributed by atoms with Gasteiger partial charge in [-0.2, -0.15) is 4.57 Å². The van der Waals surface area contributed by atoms with Crippen molar-refractivity contribution in [2.24, 2.45) is 0 Å². The van der Waals surface area contributed by atoms with Crippen molar-refractivity contribution in [3.63, 3.8) is 0 Å². The summed E-state index contributed by atoms with van der Waals surface area (Å²) >= 11 is 3.58. The molecule has 3 rings (SSSR count). The Morgan fingerprint density at radius 2 is 1.78 bits per heavy atom. The second-order valence-electron chi connectivity index (χ2n) is 4.06. The highest BCUT2D eigenvalue weighted by Gasteiger charge is 2.22. The molecule has 0 fully saturated rings. The molecule has 0 aliphatic rings. The van der Waals surface area contributed by atoms with Crippen LogP contribution in [-0.2, 0) is 0 Å². The lowest BCUT2D eigenvalue weighted by Crippen LogP contribution is -3.00. The molecule has 0 saturated heterocycles.